The van der Waals surface area contributed by atoms with E-state index in [2.05, 4.69) is 53.5 Å². The molecule has 1 aromatic carbocycles. The van der Waals surface area contributed by atoms with E-state index in [0.717, 1.165) is 34.5 Å². The van der Waals surface area contributed by atoms with Crippen molar-refractivity contribution in [2.45, 2.75) is 53.1 Å². The van der Waals surface area contributed by atoms with Gasteiger partial charge in [-0.2, -0.15) is 0 Å². The number of benzene rings is 1. The summed E-state index contributed by atoms with van der Waals surface area (Å²) in [6.07, 6.45) is 1.79. The summed E-state index contributed by atoms with van der Waals surface area (Å²) < 4.78 is 5.83. The van der Waals surface area contributed by atoms with Gasteiger partial charge in [0.1, 0.15) is 17.3 Å². The first-order valence-electron chi connectivity index (χ1n) is 9.86. The fourth-order valence-corrected chi connectivity index (χ4v) is 3.69. The first-order valence-corrected chi connectivity index (χ1v) is 10.7. The lowest BCUT2D eigenvalue weighted by Gasteiger charge is -2.13. The van der Waals surface area contributed by atoms with Crippen molar-refractivity contribution in [3.8, 4) is 10.6 Å². The molecule has 6 nitrogen and oxygen atoms in total. The molecule has 29 heavy (non-hydrogen) atoms. The average molecular weight is 412 g/mol. The number of aryl methyl sites for hydroxylation is 1. The van der Waals surface area contributed by atoms with E-state index in [1.54, 1.807) is 17.5 Å². The number of hydrogen-bond donors (Lipinski definition) is 2. The molecule has 0 amide bonds. The second kappa shape index (κ2) is 9.22. The summed E-state index contributed by atoms with van der Waals surface area (Å²) >= 11 is 1.71. The van der Waals surface area contributed by atoms with Crippen LogP contribution in [0.4, 0.5) is 0 Å². The van der Waals surface area contributed by atoms with E-state index < -0.39 is 0 Å². The maximum Gasteiger partial charge on any atom is 0.216 e. The third kappa shape index (κ3) is 5.67. The predicted octanol–water partition coefficient (Wildman–Crippen LogP) is 4.66. The number of aliphatic imine (C=N–C) groups is 1. The normalized spacial score (nSPS) is 12.2. The van der Waals surface area contributed by atoms with Gasteiger partial charge in [0.05, 0.1) is 18.4 Å². The Hall–Kier alpha value is -2.67. The van der Waals surface area contributed by atoms with E-state index in [1.807, 2.05) is 32.0 Å². The molecule has 0 aliphatic carbocycles. The van der Waals surface area contributed by atoms with Gasteiger partial charge in [-0.1, -0.05) is 51.1 Å². The topological polar surface area (TPSA) is 75.3 Å². The van der Waals surface area contributed by atoms with Crippen LogP contribution in [0.2, 0.25) is 0 Å². The summed E-state index contributed by atoms with van der Waals surface area (Å²) in [7, 11) is 0. The van der Waals surface area contributed by atoms with Crippen LogP contribution in [0.15, 0.2) is 45.9 Å². The first-order chi connectivity index (χ1) is 13.9. The number of nitrogens with zero attached hydrogens (tertiary/aromatic N) is 3. The van der Waals surface area contributed by atoms with E-state index in [4.69, 9.17) is 9.40 Å². The minimum Gasteiger partial charge on any atom is -0.443 e. The number of aromatic nitrogens is 2. The van der Waals surface area contributed by atoms with Crippen molar-refractivity contribution in [2.24, 2.45) is 4.99 Å². The lowest BCUT2D eigenvalue weighted by atomic mass is 9.94. The first kappa shape index (κ1) is 21.0. The van der Waals surface area contributed by atoms with Crippen molar-refractivity contribution >= 4 is 17.3 Å². The fraction of sp³-hybridized carbons (Fsp3) is 0.409. The van der Waals surface area contributed by atoms with Gasteiger partial charge in [-0.05, 0) is 13.8 Å². The van der Waals surface area contributed by atoms with Crippen molar-refractivity contribution in [3.05, 3.63) is 58.8 Å². The van der Waals surface area contributed by atoms with Gasteiger partial charge in [0.15, 0.2) is 5.96 Å². The van der Waals surface area contributed by atoms with Crippen LogP contribution in [0.1, 0.15) is 49.9 Å². The van der Waals surface area contributed by atoms with E-state index in [9.17, 15) is 0 Å². The molecular formula is C22H29N5OS. The Morgan fingerprint density at radius 3 is 2.59 bits per heavy atom. The largest absolute Gasteiger partial charge is 0.443 e. The molecule has 0 saturated heterocycles. The number of oxazole rings is 1. The number of rotatable bonds is 6. The molecule has 0 radical (unpaired) electrons. The summed E-state index contributed by atoms with van der Waals surface area (Å²) in [4.78, 5) is 14.9. The van der Waals surface area contributed by atoms with Crippen LogP contribution in [0.3, 0.4) is 0 Å². The van der Waals surface area contributed by atoms with Gasteiger partial charge in [0.2, 0.25) is 5.89 Å². The number of nitrogens with one attached hydrogen (secondary N) is 2. The van der Waals surface area contributed by atoms with Crippen LogP contribution in [-0.2, 0) is 18.5 Å². The molecule has 154 valence electrons. The zero-order valence-electron chi connectivity index (χ0n) is 17.7. The van der Waals surface area contributed by atoms with Crippen LogP contribution in [0.5, 0.6) is 0 Å². The SMILES string of the molecule is CCNC(=NCc1ncc(C(C)(C)C)o1)NCc1sc(-c2ccccc2)nc1C. The second-order valence-corrected chi connectivity index (χ2v) is 8.89. The smallest absolute Gasteiger partial charge is 0.216 e. The van der Waals surface area contributed by atoms with Crippen LogP contribution in [-0.4, -0.2) is 22.5 Å². The third-order valence-corrected chi connectivity index (χ3v) is 5.55. The van der Waals surface area contributed by atoms with Crippen molar-refractivity contribution in [3.63, 3.8) is 0 Å². The highest BCUT2D eigenvalue weighted by atomic mass is 32.1. The van der Waals surface area contributed by atoms with Gasteiger partial charge in [-0.15, -0.1) is 11.3 Å². The summed E-state index contributed by atoms with van der Waals surface area (Å²) in [5, 5.41) is 7.70. The molecule has 0 aliphatic rings. The van der Waals surface area contributed by atoms with Crippen molar-refractivity contribution in [1.82, 2.24) is 20.6 Å². The van der Waals surface area contributed by atoms with E-state index in [1.165, 1.54) is 4.88 Å². The predicted molar refractivity (Wildman–Crippen MR) is 119 cm³/mol. The zero-order valence-corrected chi connectivity index (χ0v) is 18.6. The van der Waals surface area contributed by atoms with Crippen LogP contribution in [0.25, 0.3) is 10.6 Å². The van der Waals surface area contributed by atoms with Crippen LogP contribution in [0, 0.1) is 6.92 Å². The molecule has 0 bridgehead atoms. The molecule has 7 heteroatoms. The molecule has 0 unspecified atom stereocenters. The standard InChI is InChI=1S/C22H29N5OS/c1-6-23-21(26-14-19-24-13-18(28-19)22(3,4)5)25-12-17-15(2)27-20(29-17)16-10-8-7-9-11-16/h7-11,13H,6,12,14H2,1-5H3,(H2,23,25,26). The lowest BCUT2D eigenvalue weighted by molar-refractivity contribution is 0.383. The summed E-state index contributed by atoms with van der Waals surface area (Å²) in [5.74, 6) is 2.22. The Morgan fingerprint density at radius 1 is 1.17 bits per heavy atom. The zero-order chi connectivity index (χ0) is 20.9. The Kier molecular flexibility index (Phi) is 6.69. The highest BCUT2D eigenvalue weighted by Crippen LogP contribution is 2.27. The lowest BCUT2D eigenvalue weighted by Crippen LogP contribution is -2.36. The second-order valence-electron chi connectivity index (χ2n) is 7.81. The summed E-state index contributed by atoms with van der Waals surface area (Å²) in [5.41, 5.74) is 2.13. The molecule has 2 N–H and O–H groups in total. The summed E-state index contributed by atoms with van der Waals surface area (Å²) in [6, 6.07) is 10.3. The van der Waals surface area contributed by atoms with Crippen molar-refractivity contribution in [2.75, 3.05) is 6.54 Å². The maximum atomic E-state index is 5.83. The molecule has 3 aromatic rings. The third-order valence-electron chi connectivity index (χ3n) is 4.34. The van der Waals surface area contributed by atoms with E-state index >= 15 is 0 Å². The quantitative estimate of drug-likeness (QED) is 0.456. The van der Waals surface area contributed by atoms with Gasteiger partial charge in [-0.25, -0.2) is 15.0 Å². The molecule has 0 atom stereocenters. The highest BCUT2D eigenvalue weighted by Gasteiger charge is 2.19. The number of hydrogen-bond acceptors (Lipinski definition) is 5. The van der Waals surface area contributed by atoms with Gasteiger partial charge < -0.3 is 15.1 Å². The highest BCUT2D eigenvalue weighted by molar-refractivity contribution is 7.15. The Balaban J connectivity index is 1.66. The molecule has 2 heterocycles. The van der Waals surface area contributed by atoms with Gasteiger partial charge in [0.25, 0.3) is 0 Å². The molecule has 0 aliphatic heterocycles. The van der Waals surface area contributed by atoms with Gasteiger partial charge in [0, 0.05) is 22.4 Å². The number of guanidine groups is 1. The number of thiazole rings is 1. The van der Waals surface area contributed by atoms with E-state index in [-0.39, 0.29) is 5.41 Å². The van der Waals surface area contributed by atoms with Crippen molar-refractivity contribution < 1.29 is 4.42 Å². The Morgan fingerprint density at radius 2 is 1.93 bits per heavy atom. The minimum absolute atomic E-state index is 0.0577. The molecule has 0 saturated carbocycles. The van der Waals surface area contributed by atoms with Gasteiger partial charge >= 0.3 is 0 Å². The minimum atomic E-state index is -0.0577. The Labute approximate surface area is 176 Å². The fourth-order valence-electron chi connectivity index (χ4n) is 2.68. The van der Waals surface area contributed by atoms with E-state index in [0.29, 0.717) is 19.0 Å². The molecule has 3 rings (SSSR count). The van der Waals surface area contributed by atoms with Crippen LogP contribution >= 0.6 is 11.3 Å². The Bertz CT molecular complexity index is 953. The van der Waals surface area contributed by atoms with Crippen molar-refractivity contribution in [1.29, 1.82) is 0 Å². The van der Waals surface area contributed by atoms with Gasteiger partial charge in [-0.3, -0.25) is 0 Å². The monoisotopic (exact) mass is 411 g/mol. The maximum absolute atomic E-state index is 5.83. The summed E-state index contributed by atoms with van der Waals surface area (Å²) in [6.45, 7) is 12.2. The molecule has 0 spiro atoms. The molecular weight excluding hydrogens is 382 g/mol. The average Bonchev–Trinajstić information content (AvgIpc) is 3.31. The molecule has 0 fully saturated rings. The van der Waals surface area contributed by atoms with Crippen LogP contribution < -0.4 is 10.6 Å². The molecule has 2 aromatic heterocycles.